The number of benzene rings is 1. The van der Waals surface area contributed by atoms with Gasteiger partial charge in [-0.3, -0.25) is 4.79 Å². The highest BCUT2D eigenvalue weighted by atomic mass is 19.4. The second-order valence-electron chi connectivity index (χ2n) is 6.79. The lowest BCUT2D eigenvalue weighted by Gasteiger charge is -2.17. The predicted molar refractivity (Wildman–Crippen MR) is 97.1 cm³/mol. The molecule has 0 fully saturated rings. The van der Waals surface area contributed by atoms with Crippen molar-refractivity contribution in [2.24, 2.45) is 5.73 Å². The fourth-order valence-corrected chi connectivity index (χ4v) is 3.50. The molecule has 142 valence electrons. The molecule has 0 atom stereocenters. The van der Waals surface area contributed by atoms with E-state index in [1.165, 1.54) is 12.1 Å². The van der Waals surface area contributed by atoms with Crippen LogP contribution in [0, 0.1) is 6.92 Å². The highest BCUT2D eigenvalue weighted by Crippen LogP contribution is 2.37. The topological polar surface area (TPSA) is 48.0 Å². The standard InChI is InChI=1S/C20H25F3N2O/c1-5-6-7-16-18(14-8-10-15(11-9-14)20(21,22)23)17(19(24)26)13(4)25(16)12(2)3/h8-12H,5-7H2,1-4H3,(H2,24,26). The minimum atomic E-state index is -4.39. The van der Waals surface area contributed by atoms with E-state index in [1.54, 1.807) is 0 Å². The smallest absolute Gasteiger partial charge is 0.366 e. The van der Waals surface area contributed by atoms with E-state index in [0.717, 1.165) is 42.8 Å². The van der Waals surface area contributed by atoms with Crippen molar-refractivity contribution in [3.8, 4) is 11.1 Å². The molecule has 0 spiro atoms. The van der Waals surface area contributed by atoms with Gasteiger partial charge in [-0.25, -0.2) is 0 Å². The first kappa shape index (κ1) is 20.1. The molecule has 1 aromatic heterocycles. The van der Waals surface area contributed by atoms with Crippen molar-refractivity contribution in [1.82, 2.24) is 4.57 Å². The average molecular weight is 366 g/mol. The average Bonchev–Trinajstić information content (AvgIpc) is 2.84. The van der Waals surface area contributed by atoms with Crippen molar-refractivity contribution in [1.29, 1.82) is 0 Å². The lowest BCUT2D eigenvalue weighted by molar-refractivity contribution is -0.137. The molecule has 2 aromatic rings. The maximum atomic E-state index is 12.9. The van der Waals surface area contributed by atoms with Gasteiger partial charge in [0.15, 0.2) is 0 Å². The summed E-state index contributed by atoms with van der Waals surface area (Å²) in [5.74, 6) is -0.561. The van der Waals surface area contributed by atoms with Crippen LogP contribution in [0.25, 0.3) is 11.1 Å². The molecule has 0 radical (unpaired) electrons. The molecule has 0 saturated carbocycles. The fourth-order valence-electron chi connectivity index (χ4n) is 3.50. The van der Waals surface area contributed by atoms with Crippen molar-refractivity contribution < 1.29 is 18.0 Å². The number of halogens is 3. The zero-order valence-electron chi connectivity index (χ0n) is 15.6. The van der Waals surface area contributed by atoms with Crippen LogP contribution >= 0.6 is 0 Å². The normalized spacial score (nSPS) is 12.0. The number of carbonyl (C=O) groups excluding carboxylic acids is 1. The molecule has 0 aliphatic carbocycles. The Kier molecular flexibility index (Phi) is 5.84. The number of rotatable bonds is 6. The molecule has 2 rings (SSSR count). The van der Waals surface area contributed by atoms with Crippen LogP contribution < -0.4 is 5.73 Å². The highest BCUT2D eigenvalue weighted by Gasteiger charge is 2.31. The molecule has 3 nitrogen and oxygen atoms in total. The Hall–Kier alpha value is -2.24. The first-order valence-electron chi connectivity index (χ1n) is 8.80. The third-order valence-corrected chi connectivity index (χ3v) is 4.58. The fraction of sp³-hybridized carbons (Fsp3) is 0.450. The quantitative estimate of drug-likeness (QED) is 0.720. The molecular formula is C20H25F3N2O. The number of carbonyl (C=O) groups is 1. The molecule has 6 heteroatoms. The monoisotopic (exact) mass is 366 g/mol. The number of hydrogen-bond acceptors (Lipinski definition) is 1. The van der Waals surface area contributed by atoms with E-state index in [2.05, 4.69) is 11.5 Å². The zero-order valence-corrected chi connectivity index (χ0v) is 15.6. The lowest BCUT2D eigenvalue weighted by atomic mass is 9.96. The Labute approximate surface area is 152 Å². The van der Waals surface area contributed by atoms with Gasteiger partial charge in [0.1, 0.15) is 0 Å². The van der Waals surface area contributed by atoms with Crippen LogP contribution in [0.2, 0.25) is 0 Å². The van der Waals surface area contributed by atoms with Crippen LogP contribution in [-0.4, -0.2) is 10.5 Å². The van der Waals surface area contributed by atoms with E-state index >= 15 is 0 Å². The Balaban J connectivity index is 2.72. The molecule has 0 bridgehead atoms. The van der Waals surface area contributed by atoms with Gasteiger partial charge in [0, 0.05) is 23.0 Å². The summed E-state index contributed by atoms with van der Waals surface area (Å²) in [6.45, 7) is 7.94. The number of aromatic nitrogens is 1. The largest absolute Gasteiger partial charge is 0.416 e. The van der Waals surface area contributed by atoms with Crippen molar-refractivity contribution in [2.45, 2.75) is 59.2 Å². The molecule has 0 saturated heterocycles. The maximum absolute atomic E-state index is 12.9. The Morgan fingerprint density at radius 2 is 1.77 bits per heavy atom. The van der Waals surface area contributed by atoms with Crippen molar-refractivity contribution in [2.75, 3.05) is 0 Å². The molecule has 1 heterocycles. The van der Waals surface area contributed by atoms with E-state index in [4.69, 9.17) is 5.73 Å². The number of primary amides is 1. The summed E-state index contributed by atoms with van der Waals surface area (Å²) in [5, 5.41) is 0. The Bertz CT molecular complexity index is 787. The molecule has 2 N–H and O–H groups in total. The van der Waals surface area contributed by atoms with E-state index in [-0.39, 0.29) is 6.04 Å². The molecule has 0 aliphatic rings. The van der Waals surface area contributed by atoms with Crippen LogP contribution in [0.4, 0.5) is 13.2 Å². The maximum Gasteiger partial charge on any atom is 0.416 e. The van der Waals surface area contributed by atoms with Crippen LogP contribution in [0.15, 0.2) is 24.3 Å². The SMILES string of the molecule is CCCCc1c(-c2ccc(C(F)(F)F)cc2)c(C(N)=O)c(C)n1C(C)C. The van der Waals surface area contributed by atoms with Crippen LogP contribution in [-0.2, 0) is 12.6 Å². The van der Waals surface area contributed by atoms with E-state index in [9.17, 15) is 18.0 Å². The third kappa shape index (κ3) is 3.79. The third-order valence-electron chi connectivity index (χ3n) is 4.58. The van der Waals surface area contributed by atoms with E-state index < -0.39 is 17.6 Å². The molecule has 0 unspecified atom stereocenters. The van der Waals surface area contributed by atoms with Crippen molar-refractivity contribution >= 4 is 5.91 Å². The number of alkyl halides is 3. The second-order valence-corrected chi connectivity index (χ2v) is 6.79. The summed E-state index contributed by atoms with van der Waals surface area (Å²) in [6.07, 6.45) is -1.77. The van der Waals surface area contributed by atoms with Gasteiger partial charge in [0.25, 0.3) is 5.91 Å². The molecule has 1 aromatic carbocycles. The molecule has 26 heavy (non-hydrogen) atoms. The van der Waals surface area contributed by atoms with Gasteiger partial charge in [0.05, 0.1) is 11.1 Å². The van der Waals surface area contributed by atoms with Gasteiger partial charge in [-0.2, -0.15) is 13.2 Å². The lowest BCUT2D eigenvalue weighted by Crippen LogP contribution is -2.14. The minimum absolute atomic E-state index is 0.114. The first-order chi connectivity index (χ1) is 12.1. The number of amides is 1. The molecular weight excluding hydrogens is 341 g/mol. The van der Waals surface area contributed by atoms with Crippen molar-refractivity contribution in [3.05, 3.63) is 46.8 Å². The summed E-state index contributed by atoms with van der Waals surface area (Å²) >= 11 is 0. The molecule has 1 amide bonds. The Morgan fingerprint density at radius 1 is 1.19 bits per heavy atom. The van der Waals surface area contributed by atoms with E-state index in [1.807, 2.05) is 20.8 Å². The van der Waals surface area contributed by atoms with Crippen LogP contribution in [0.5, 0.6) is 0 Å². The van der Waals surface area contributed by atoms with E-state index in [0.29, 0.717) is 16.7 Å². The Morgan fingerprint density at radius 3 is 2.19 bits per heavy atom. The molecule has 0 aliphatic heterocycles. The summed E-state index contributed by atoms with van der Waals surface area (Å²) in [4.78, 5) is 12.1. The van der Waals surface area contributed by atoms with Crippen LogP contribution in [0.3, 0.4) is 0 Å². The number of unbranched alkanes of at least 4 members (excludes halogenated alkanes) is 1. The predicted octanol–water partition coefficient (Wildman–Crippen LogP) is 5.50. The van der Waals surface area contributed by atoms with Gasteiger partial charge in [-0.1, -0.05) is 25.5 Å². The van der Waals surface area contributed by atoms with Crippen LogP contribution in [0.1, 0.15) is 67.0 Å². The summed E-state index contributed by atoms with van der Waals surface area (Å²) in [6, 6.07) is 5.05. The summed E-state index contributed by atoms with van der Waals surface area (Å²) in [7, 11) is 0. The van der Waals surface area contributed by atoms with Gasteiger partial charge >= 0.3 is 6.18 Å². The second kappa shape index (κ2) is 7.56. The highest BCUT2D eigenvalue weighted by molar-refractivity contribution is 6.02. The van der Waals surface area contributed by atoms with Gasteiger partial charge in [-0.15, -0.1) is 0 Å². The van der Waals surface area contributed by atoms with Gasteiger partial charge in [0.2, 0.25) is 0 Å². The first-order valence-corrected chi connectivity index (χ1v) is 8.80. The summed E-state index contributed by atoms with van der Waals surface area (Å²) < 4.78 is 40.7. The summed E-state index contributed by atoms with van der Waals surface area (Å²) in [5.41, 5.74) is 8.26. The number of nitrogens with zero attached hydrogens (tertiary/aromatic N) is 1. The van der Waals surface area contributed by atoms with Crippen molar-refractivity contribution in [3.63, 3.8) is 0 Å². The number of hydrogen-bond donors (Lipinski definition) is 1. The number of nitrogens with two attached hydrogens (primary N) is 1. The minimum Gasteiger partial charge on any atom is -0.366 e. The van der Waals surface area contributed by atoms with Gasteiger partial charge < -0.3 is 10.3 Å². The zero-order chi connectivity index (χ0) is 19.6. The van der Waals surface area contributed by atoms with Gasteiger partial charge in [-0.05, 0) is 51.3 Å².